The highest BCUT2D eigenvalue weighted by atomic mass is 19.1. The molecule has 0 spiro atoms. The van der Waals surface area contributed by atoms with Crippen LogP contribution >= 0.6 is 0 Å². The molecule has 5 N–H and O–H groups in total. The Bertz CT molecular complexity index is 976. The number of carbonyl (C=O) groups excluding carboxylic acids is 1. The average Bonchev–Trinajstić information content (AvgIpc) is 2.75. The summed E-state index contributed by atoms with van der Waals surface area (Å²) in [5, 5.41) is 3.15. The van der Waals surface area contributed by atoms with Gasteiger partial charge in [-0.2, -0.15) is 4.98 Å². The van der Waals surface area contributed by atoms with Crippen molar-refractivity contribution in [2.24, 2.45) is 11.5 Å². The van der Waals surface area contributed by atoms with Gasteiger partial charge < -0.3 is 21.7 Å². The molecule has 8 heteroatoms. The van der Waals surface area contributed by atoms with Crippen molar-refractivity contribution >= 4 is 28.9 Å². The number of nitrogens with one attached hydrogen (secondary N) is 1. The highest BCUT2D eigenvalue weighted by Gasteiger charge is 2.21. The van der Waals surface area contributed by atoms with Gasteiger partial charge in [0.15, 0.2) is 0 Å². The van der Waals surface area contributed by atoms with E-state index in [1.165, 1.54) is 12.3 Å². The molecule has 1 amide bonds. The van der Waals surface area contributed by atoms with Gasteiger partial charge >= 0.3 is 0 Å². The van der Waals surface area contributed by atoms with E-state index in [9.17, 15) is 9.18 Å². The molecule has 1 aliphatic heterocycles. The molecule has 7 nitrogen and oxygen atoms in total. The Morgan fingerprint density at radius 1 is 1.27 bits per heavy atom. The number of allylic oxidation sites excluding steroid dienone is 2. The van der Waals surface area contributed by atoms with Gasteiger partial charge in [0.05, 0.1) is 0 Å². The van der Waals surface area contributed by atoms with Gasteiger partial charge in [-0.25, -0.2) is 9.37 Å². The van der Waals surface area contributed by atoms with Crippen LogP contribution in [-0.2, 0) is 0 Å². The second-order valence-corrected chi connectivity index (χ2v) is 7.94. The molecule has 158 valence electrons. The van der Waals surface area contributed by atoms with E-state index < -0.39 is 5.91 Å². The van der Waals surface area contributed by atoms with Gasteiger partial charge in [0.2, 0.25) is 5.95 Å². The summed E-state index contributed by atoms with van der Waals surface area (Å²) in [6.07, 6.45) is 9.47. The van der Waals surface area contributed by atoms with Gasteiger partial charge in [0, 0.05) is 36.6 Å². The van der Waals surface area contributed by atoms with Gasteiger partial charge in [0.25, 0.3) is 5.91 Å². The Hall–Kier alpha value is -3.00. The monoisotopic (exact) mass is 410 g/mol. The van der Waals surface area contributed by atoms with Gasteiger partial charge in [-0.05, 0) is 62.3 Å². The van der Waals surface area contributed by atoms with Crippen molar-refractivity contribution < 1.29 is 9.18 Å². The van der Waals surface area contributed by atoms with Crippen molar-refractivity contribution in [1.29, 1.82) is 0 Å². The lowest BCUT2D eigenvalue weighted by atomic mass is 9.93. The topological polar surface area (TPSA) is 110 Å². The van der Waals surface area contributed by atoms with E-state index in [1.54, 1.807) is 12.1 Å². The molecule has 1 aromatic heterocycles. The van der Waals surface area contributed by atoms with E-state index in [2.05, 4.69) is 21.4 Å². The predicted octanol–water partition coefficient (Wildman–Crippen LogP) is 3.34. The fourth-order valence-electron chi connectivity index (χ4n) is 4.06. The molecule has 0 bridgehead atoms. The first-order valence-electron chi connectivity index (χ1n) is 10.4. The number of amides is 1. The number of primary amides is 1. The van der Waals surface area contributed by atoms with Crippen LogP contribution in [-0.4, -0.2) is 35.0 Å². The lowest BCUT2D eigenvalue weighted by Crippen LogP contribution is -2.43. The molecule has 1 atom stereocenters. The molecule has 1 saturated heterocycles. The Morgan fingerprint density at radius 2 is 2.13 bits per heavy atom. The van der Waals surface area contributed by atoms with Crippen LogP contribution in [0.25, 0.3) is 5.57 Å². The molecule has 2 aromatic rings. The molecule has 1 aromatic carbocycles. The number of piperidine rings is 1. The van der Waals surface area contributed by atoms with Gasteiger partial charge in [0.1, 0.15) is 17.2 Å². The second-order valence-electron chi connectivity index (χ2n) is 7.94. The largest absolute Gasteiger partial charge is 0.365 e. The lowest BCUT2D eigenvalue weighted by molar-refractivity contribution is 0.100. The van der Waals surface area contributed by atoms with Gasteiger partial charge in [-0.1, -0.05) is 6.08 Å². The summed E-state index contributed by atoms with van der Waals surface area (Å²) < 4.78 is 14.5. The van der Waals surface area contributed by atoms with Crippen molar-refractivity contribution in [3.8, 4) is 0 Å². The Balaban J connectivity index is 1.65. The molecule has 0 saturated carbocycles. The van der Waals surface area contributed by atoms with Crippen molar-refractivity contribution in [3.05, 3.63) is 47.4 Å². The van der Waals surface area contributed by atoms with Crippen LogP contribution in [0.5, 0.6) is 0 Å². The van der Waals surface area contributed by atoms with Crippen LogP contribution in [0.15, 0.2) is 30.5 Å². The molecule has 2 aliphatic rings. The van der Waals surface area contributed by atoms with E-state index in [4.69, 9.17) is 11.5 Å². The maximum atomic E-state index is 14.5. The van der Waals surface area contributed by atoms with E-state index in [-0.39, 0.29) is 17.4 Å². The van der Waals surface area contributed by atoms with Crippen LogP contribution < -0.4 is 21.7 Å². The number of halogens is 1. The van der Waals surface area contributed by atoms with Gasteiger partial charge in [-0.3, -0.25) is 4.79 Å². The molecule has 1 fully saturated rings. The zero-order valence-corrected chi connectivity index (χ0v) is 16.9. The third-order valence-electron chi connectivity index (χ3n) is 5.65. The van der Waals surface area contributed by atoms with Gasteiger partial charge in [-0.15, -0.1) is 0 Å². The van der Waals surface area contributed by atoms with Crippen molar-refractivity contribution in [2.45, 2.75) is 44.6 Å². The quantitative estimate of drug-likeness (QED) is 0.697. The minimum atomic E-state index is -0.628. The number of nitrogens with zero attached hydrogens (tertiary/aromatic N) is 3. The SMILES string of the molecule is NC(=O)c1cnc(N2CCC[C@H](N)C2)nc1Nc1ccc(F)c(C2=CCCCC2)c1. The summed E-state index contributed by atoms with van der Waals surface area (Å²) in [6.45, 7) is 1.46. The zero-order valence-electron chi connectivity index (χ0n) is 16.9. The first-order valence-corrected chi connectivity index (χ1v) is 10.4. The summed E-state index contributed by atoms with van der Waals surface area (Å²) in [5.41, 5.74) is 14.0. The smallest absolute Gasteiger partial charge is 0.254 e. The van der Waals surface area contributed by atoms with Crippen LogP contribution in [0, 0.1) is 5.82 Å². The number of aromatic nitrogens is 2. The number of benzene rings is 1. The maximum Gasteiger partial charge on any atom is 0.254 e. The number of hydrogen-bond donors (Lipinski definition) is 3. The van der Waals surface area contributed by atoms with Crippen molar-refractivity contribution in [3.63, 3.8) is 0 Å². The van der Waals surface area contributed by atoms with E-state index in [0.29, 0.717) is 29.6 Å². The summed E-state index contributed by atoms with van der Waals surface area (Å²) >= 11 is 0. The van der Waals surface area contributed by atoms with Crippen LogP contribution in [0.1, 0.15) is 54.4 Å². The second kappa shape index (κ2) is 8.79. The molecule has 0 radical (unpaired) electrons. The highest BCUT2D eigenvalue weighted by Crippen LogP contribution is 2.31. The summed E-state index contributed by atoms with van der Waals surface area (Å²) in [4.78, 5) is 22.8. The Labute approximate surface area is 175 Å². The van der Waals surface area contributed by atoms with E-state index >= 15 is 0 Å². The highest BCUT2D eigenvalue weighted by molar-refractivity contribution is 5.98. The summed E-state index contributed by atoms with van der Waals surface area (Å²) in [5.74, 6) is -0.0805. The third kappa shape index (κ3) is 4.43. The number of hydrogen-bond acceptors (Lipinski definition) is 6. The number of rotatable bonds is 5. The normalized spacial score (nSPS) is 19.3. The van der Waals surface area contributed by atoms with Crippen molar-refractivity contribution in [2.75, 3.05) is 23.3 Å². The molecular weight excluding hydrogens is 383 g/mol. The molecule has 30 heavy (non-hydrogen) atoms. The third-order valence-corrected chi connectivity index (χ3v) is 5.65. The fraction of sp³-hybridized carbons (Fsp3) is 0.409. The maximum absolute atomic E-state index is 14.5. The standard InChI is InChI=1S/C22H27FN6O/c23-19-9-8-16(11-17(19)14-5-2-1-3-6-14)27-21-18(20(25)30)12-26-22(28-21)29-10-4-7-15(24)13-29/h5,8-9,11-12,15H,1-4,6-7,10,13,24H2,(H2,25,30)(H,26,27,28)/t15-/m0/s1. The van der Waals surface area contributed by atoms with Crippen LogP contribution in [0.4, 0.5) is 21.8 Å². The molecular formula is C22H27FN6O. The molecule has 1 aliphatic carbocycles. The number of nitrogens with two attached hydrogens (primary N) is 2. The zero-order chi connectivity index (χ0) is 21.1. The molecule has 4 rings (SSSR count). The Kier molecular flexibility index (Phi) is 5.94. The van der Waals surface area contributed by atoms with Crippen LogP contribution in [0.2, 0.25) is 0 Å². The lowest BCUT2D eigenvalue weighted by Gasteiger charge is -2.31. The Morgan fingerprint density at radius 3 is 2.87 bits per heavy atom. The predicted molar refractivity (Wildman–Crippen MR) is 116 cm³/mol. The van der Waals surface area contributed by atoms with Crippen molar-refractivity contribution in [1.82, 2.24) is 9.97 Å². The summed E-state index contributed by atoms with van der Waals surface area (Å²) in [7, 11) is 0. The van der Waals surface area contributed by atoms with E-state index in [1.807, 2.05) is 4.90 Å². The van der Waals surface area contributed by atoms with E-state index in [0.717, 1.165) is 50.6 Å². The fourth-order valence-corrected chi connectivity index (χ4v) is 4.06. The first-order chi connectivity index (χ1) is 14.5. The summed E-state index contributed by atoms with van der Waals surface area (Å²) in [6, 6.07) is 4.89. The average molecular weight is 410 g/mol. The molecule has 2 heterocycles. The molecule has 0 unspecified atom stereocenters. The minimum Gasteiger partial charge on any atom is -0.365 e. The first kappa shape index (κ1) is 20.3. The number of anilines is 3. The minimum absolute atomic E-state index is 0.0676. The number of carbonyl (C=O) groups is 1. The van der Waals surface area contributed by atoms with Crippen LogP contribution in [0.3, 0.4) is 0 Å².